The minimum atomic E-state index is 0.412. The lowest BCUT2D eigenvalue weighted by molar-refractivity contribution is -0.124. The molecular formula is C31H56O. The van der Waals surface area contributed by atoms with Crippen molar-refractivity contribution >= 4 is 5.78 Å². The van der Waals surface area contributed by atoms with E-state index in [9.17, 15) is 4.79 Å². The highest BCUT2D eigenvalue weighted by Gasteiger charge is 2.31. The average molecular weight is 445 g/mol. The molecule has 1 atom stereocenters. The zero-order valence-corrected chi connectivity index (χ0v) is 21.9. The van der Waals surface area contributed by atoms with Crippen LogP contribution in [0.3, 0.4) is 0 Å². The summed E-state index contributed by atoms with van der Waals surface area (Å²) in [5.41, 5.74) is 0. The van der Waals surface area contributed by atoms with E-state index in [-0.39, 0.29) is 0 Å². The van der Waals surface area contributed by atoms with Crippen molar-refractivity contribution in [3.8, 4) is 0 Å². The molecule has 0 saturated heterocycles. The smallest absolute Gasteiger partial charge is 0.135 e. The summed E-state index contributed by atoms with van der Waals surface area (Å²) >= 11 is 0. The van der Waals surface area contributed by atoms with Crippen LogP contribution in [-0.2, 0) is 4.79 Å². The van der Waals surface area contributed by atoms with Gasteiger partial charge in [0.05, 0.1) is 0 Å². The van der Waals surface area contributed by atoms with Gasteiger partial charge in [-0.3, -0.25) is 4.79 Å². The van der Waals surface area contributed by atoms with Crippen LogP contribution >= 0.6 is 0 Å². The lowest BCUT2D eigenvalue weighted by Gasteiger charge is -2.37. The first-order valence-corrected chi connectivity index (χ1v) is 15.2. The third-order valence-corrected chi connectivity index (χ3v) is 9.89. The molecule has 3 fully saturated rings. The van der Waals surface area contributed by atoms with E-state index in [1.807, 2.05) is 0 Å². The van der Waals surface area contributed by atoms with E-state index in [1.165, 1.54) is 128 Å². The van der Waals surface area contributed by atoms with Crippen LogP contribution in [-0.4, -0.2) is 5.78 Å². The normalized spacial score (nSPS) is 30.8. The van der Waals surface area contributed by atoms with Crippen LogP contribution < -0.4 is 0 Å². The molecular weight excluding hydrogens is 388 g/mol. The quantitative estimate of drug-likeness (QED) is 0.258. The summed E-state index contributed by atoms with van der Waals surface area (Å²) in [4.78, 5) is 12.6. The van der Waals surface area contributed by atoms with E-state index < -0.39 is 0 Å². The van der Waals surface area contributed by atoms with Crippen molar-refractivity contribution in [2.45, 2.75) is 155 Å². The van der Waals surface area contributed by atoms with Gasteiger partial charge in [0, 0.05) is 12.3 Å². The molecule has 0 aromatic carbocycles. The molecule has 0 aliphatic heterocycles. The number of hydrogen-bond donors (Lipinski definition) is 0. The van der Waals surface area contributed by atoms with Crippen molar-refractivity contribution < 1.29 is 4.79 Å². The Morgan fingerprint density at radius 2 is 1.31 bits per heavy atom. The van der Waals surface area contributed by atoms with E-state index in [4.69, 9.17) is 0 Å². The van der Waals surface area contributed by atoms with Gasteiger partial charge in [-0.15, -0.1) is 0 Å². The van der Waals surface area contributed by atoms with Crippen molar-refractivity contribution in [3.05, 3.63) is 0 Å². The Kier molecular flexibility index (Phi) is 12.2. The second-order valence-electron chi connectivity index (χ2n) is 12.3. The molecule has 1 heteroatoms. The predicted molar refractivity (Wildman–Crippen MR) is 139 cm³/mol. The summed E-state index contributed by atoms with van der Waals surface area (Å²) in [5, 5.41) is 0. The zero-order valence-electron chi connectivity index (χ0n) is 21.9. The third-order valence-electron chi connectivity index (χ3n) is 9.89. The maximum atomic E-state index is 12.6. The van der Waals surface area contributed by atoms with Crippen LogP contribution in [0.5, 0.6) is 0 Å². The Hall–Kier alpha value is -0.330. The third kappa shape index (κ3) is 8.79. The first-order chi connectivity index (χ1) is 15.7. The lowest BCUT2D eigenvalue weighted by Crippen LogP contribution is -2.26. The lowest BCUT2D eigenvalue weighted by atomic mass is 9.69. The van der Waals surface area contributed by atoms with Crippen molar-refractivity contribution in [2.75, 3.05) is 0 Å². The van der Waals surface area contributed by atoms with Crippen LogP contribution in [0.15, 0.2) is 0 Å². The van der Waals surface area contributed by atoms with Crippen LogP contribution in [0.1, 0.15) is 155 Å². The molecule has 0 bridgehead atoms. The molecule has 0 spiro atoms. The highest BCUT2D eigenvalue weighted by atomic mass is 16.1. The van der Waals surface area contributed by atoms with Crippen LogP contribution in [0.4, 0.5) is 0 Å². The van der Waals surface area contributed by atoms with Gasteiger partial charge in [-0.2, -0.15) is 0 Å². The standard InChI is InChI=1S/C31H56O/c1-3-5-7-13-31(32)29-21-19-27(20-22-29)24-30(28-11-8-6-9-12-28)23-18-26-16-14-25(10-4-2)15-17-26/h25-30H,3-24H2,1-2H3. The highest BCUT2D eigenvalue weighted by Crippen LogP contribution is 2.42. The molecule has 186 valence electrons. The van der Waals surface area contributed by atoms with Gasteiger partial charge in [-0.25, -0.2) is 0 Å². The summed E-state index contributed by atoms with van der Waals surface area (Å²) in [6.07, 6.45) is 30.5. The maximum Gasteiger partial charge on any atom is 0.135 e. The van der Waals surface area contributed by atoms with Crippen LogP contribution in [0.2, 0.25) is 0 Å². The topological polar surface area (TPSA) is 17.1 Å². The van der Waals surface area contributed by atoms with Crippen molar-refractivity contribution in [1.29, 1.82) is 0 Å². The minimum absolute atomic E-state index is 0.412. The molecule has 32 heavy (non-hydrogen) atoms. The van der Waals surface area contributed by atoms with Gasteiger partial charge in [-0.05, 0) is 74.5 Å². The van der Waals surface area contributed by atoms with Gasteiger partial charge >= 0.3 is 0 Å². The molecule has 0 aromatic rings. The predicted octanol–water partition coefficient (Wildman–Crippen LogP) is 9.92. The Morgan fingerprint density at radius 1 is 0.688 bits per heavy atom. The van der Waals surface area contributed by atoms with Gasteiger partial charge in [0.15, 0.2) is 0 Å². The fourth-order valence-electron chi connectivity index (χ4n) is 7.72. The van der Waals surface area contributed by atoms with E-state index in [0.29, 0.717) is 11.7 Å². The van der Waals surface area contributed by atoms with Gasteiger partial charge in [0.25, 0.3) is 0 Å². The van der Waals surface area contributed by atoms with Crippen LogP contribution in [0.25, 0.3) is 0 Å². The fourth-order valence-corrected chi connectivity index (χ4v) is 7.72. The summed E-state index contributed by atoms with van der Waals surface area (Å²) < 4.78 is 0. The number of ketones is 1. The number of rotatable bonds is 13. The minimum Gasteiger partial charge on any atom is -0.299 e. The van der Waals surface area contributed by atoms with E-state index >= 15 is 0 Å². The molecule has 0 amide bonds. The van der Waals surface area contributed by atoms with E-state index in [1.54, 1.807) is 0 Å². The summed E-state index contributed by atoms with van der Waals surface area (Å²) in [6, 6.07) is 0. The Morgan fingerprint density at radius 3 is 1.94 bits per heavy atom. The number of hydrogen-bond acceptors (Lipinski definition) is 1. The van der Waals surface area contributed by atoms with Gasteiger partial charge in [0.1, 0.15) is 5.78 Å². The molecule has 3 aliphatic carbocycles. The first kappa shape index (κ1) is 26.3. The molecule has 1 unspecified atom stereocenters. The molecule has 0 radical (unpaired) electrons. The second-order valence-corrected chi connectivity index (χ2v) is 12.3. The van der Waals surface area contributed by atoms with Crippen molar-refractivity contribution in [3.63, 3.8) is 0 Å². The Balaban J connectivity index is 1.43. The molecule has 1 nitrogen and oxygen atoms in total. The molecule has 3 rings (SSSR count). The summed E-state index contributed by atoms with van der Waals surface area (Å²) in [5.74, 6) is 6.02. The Bertz CT molecular complexity index is 489. The summed E-state index contributed by atoms with van der Waals surface area (Å²) in [7, 11) is 0. The SMILES string of the molecule is CCCCCC(=O)C1CCC(CC(CCC2CCC(CCC)CC2)C2CCCCC2)CC1. The molecule has 3 saturated carbocycles. The van der Waals surface area contributed by atoms with Crippen molar-refractivity contribution in [2.24, 2.45) is 35.5 Å². The van der Waals surface area contributed by atoms with Gasteiger partial charge in [0.2, 0.25) is 0 Å². The van der Waals surface area contributed by atoms with Crippen LogP contribution in [0, 0.1) is 35.5 Å². The first-order valence-electron chi connectivity index (χ1n) is 15.2. The fraction of sp³-hybridized carbons (Fsp3) is 0.968. The monoisotopic (exact) mass is 444 g/mol. The molecule has 0 N–H and O–H groups in total. The maximum absolute atomic E-state index is 12.6. The average Bonchev–Trinajstić information content (AvgIpc) is 2.84. The van der Waals surface area contributed by atoms with Gasteiger partial charge in [-0.1, -0.05) is 104 Å². The Labute approximate surface area is 201 Å². The summed E-state index contributed by atoms with van der Waals surface area (Å²) in [6.45, 7) is 4.59. The number of Topliss-reactive ketones (excluding diaryl/α,β-unsaturated/α-hetero) is 1. The second kappa shape index (κ2) is 14.8. The molecule has 3 aliphatic rings. The number of unbranched alkanes of at least 4 members (excludes halogenated alkanes) is 2. The highest BCUT2D eigenvalue weighted by molar-refractivity contribution is 5.81. The number of carbonyl (C=O) groups excluding carboxylic acids is 1. The zero-order chi connectivity index (χ0) is 22.6. The van der Waals surface area contributed by atoms with E-state index in [2.05, 4.69) is 13.8 Å². The largest absolute Gasteiger partial charge is 0.299 e. The molecule has 0 aromatic heterocycles. The van der Waals surface area contributed by atoms with E-state index in [0.717, 1.165) is 42.4 Å². The van der Waals surface area contributed by atoms with Crippen molar-refractivity contribution in [1.82, 2.24) is 0 Å². The molecule has 0 heterocycles. The number of carbonyl (C=O) groups is 1. The van der Waals surface area contributed by atoms with Gasteiger partial charge < -0.3 is 0 Å².